The summed E-state index contributed by atoms with van der Waals surface area (Å²) in [6, 6.07) is 4.19. The molecule has 0 aliphatic carbocycles. The molecule has 21 heavy (non-hydrogen) atoms. The van der Waals surface area contributed by atoms with E-state index in [-0.39, 0.29) is 17.4 Å². The third-order valence-electron chi connectivity index (χ3n) is 2.83. The lowest BCUT2D eigenvalue weighted by Crippen LogP contribution is -2.13. The standard InChI is InChI=1S/C13H15ClN2O3S2/c1-8(2)12-7-20-13(15-12)16-21(18,19)10-3-4-11(14)9(5-10)6-17/h3-5,7-8,17H,6H2,1-2H3,(H,15,16). The summed E-state index contributed by atoms with van der Waals surface area (Å²) < 4.78 is 27.0. The van der Waals surface area contributed by atoms with Crippen molar-refractivity contribution in [1.29, 1.82) is 0 Å². The number of sulfonamides is 1. The highest BCUT2D eigenvalue weighted by atomic mass is 35.5. The highest BCUT2D eigenvalue weighted by Crippen LogP contribution is 2.25. The summed E-state index contributed by atoms with van der Waals surface area (Å²) in [4.78, 5) is 4.27. The van der Waals surface area contributed by atoms with Gasteiger partial charge >= 0.3 is 0 Å². The Bertz CT molecular complexity index is 742. The predicted octanol–water partition coefficient (Wildman–Crippen LogP) is 3.21. The lowest BCUT2D eigenvalue weighted by Gasteiger charge is -2.07. The van der Waals surface area contributed by atoms with Crippen molar-refractivity contribution in [1.82, 2.24) is 4.98 Å². The van der Waals surface area contributed by atoms with Gasteiger partial charge in [0.05, 0.1) is 17.2 Å². The molecule has 0 radical (unpaired) electrons. The van der Waals surface area contributed by atoms with Crippen LogP contribution in [0.15, 0.2) is 28.5 Å². The monoisotopic (exact) mass is 346 g/mol. The maximum absolute atomic E-state index is 12.3. The number of aromatic nitrogens is 1. The molecule has 0 spiro atoms. The Hall–Kier alpha value is -1.15. The minimum atomic E-state index is -3.75. The van der Waals surface area contributed by atoms with Gasteiger partial charge < -0.3 is 5.11 Å². The number of hydrogen-bond donors (Lipinski definition) is 2. The predicted molar refractivity (Wildman–Crippen MR) is 84.4 cm³/mol. The van der Waals surface area contributed by atoms with E-state index in [0.29, 0.717) is 15.7 Å². The van der Waals surface area contributed by atoms with E-state index in [9.17, 15) is 8.42 Å². The quantitative estimate of drug-likeness (QED) is 0.871. The minimum Gasteiger partial charge on any atom is -0.392 e. The Balaban J connectivity index is 2.29. The second kappa shape index (κ2) is 6.31. The number of nitrogens with zero attached hydrogens (tertiary/aromatic N) is 1. The number of rotatable bonds is 5. The van der Waals surface area contributed by atoms with Crippen LogP contribution < -0.4 is 4.72 Å². The first-order chi connectivity index (χ1) is 9.83. The SMILES string of the molecule is CC(C)c1csc(NS(=O)(=O)c2ccc(Cl)c(CO)c2)n1. The van der Waals surface area contributed by atoms with Crippen LogP contribution in [0.4, 0.5) is 5.13 Å². The van der Waals surface area contributed by atoms with Crippen molar-refractivity contribution >= 4 is 38.1 Å². The highest BCUT2D eigenvalue weighted by Gasteiger charge is 2.18. The Labute approximate surface area is 132 Å². The first kappa shape index (κ1) is 16.2. The van der Waals surface area contributed by atoms with Gasteiger partial charge in [0, 0.05) is 10.4 Å². The summed E-state index contributed by atoms with van der Waals surface area (Å²) in [6.07, 6.45) is 0. The van der Waals surface area contributed by atoms with E-state index >= 15 is 0 Å². The molecule has 0 saturated carbocycles. The zero-order chi connectivity index (χ0) is 15.6. The molecule has 0 aliphatic rings. The third-order valence-corrected chi connectivity index (χ3v) is 5.44. The van der Waals surface area contributed by atoms with Crippen molar-refractivity contribution in [2.24, 2.45) is 0 Å². The van der Waals surface area contributed by atoms with Crippen LogP contribution in [0.3, 0.4) is 0 Å². The van der Waals surface area contributed by atoms with Crippen LogP contribution in [0.5, 0.6) is 0 Å². The van der Waals surface area contributed by atoms with Crippen LogP contribution in [0.1, 0.15) is 31.0 Å². The molecule has 0 amide bonds. The number of aliphatic hydroxyl groups is 1. The molecular weight excluding hydrogens is 332 g/mol. The fourth-order valence-corrected chi connectivity index (χ4v) is 3.96. The lowest BCUT2D eigenvalue weighted by atomic mass is 10.2. The maximum Gasteiger partial charge on any atom is 0.263 e. The first-order valence-electron chi connectivity index (χ1n) is 6.21. The van der Waals surface area contributed by atoms with E-state index in [1.54, 1.807) is 0 Å². The molecule has 0 saturated heterocycles. The van der Waals surface area contributed by atoms with Crippen LogP contribution >= 0.6 is 22.9 Å². The molecule has 1 heterocycles. The van der Waals surface area contributed by atoms with Gasteiger partial charge in [-0.25, -0.2) is 13.4 Å². The van der Waals surface area contributed by atoms with Crippen molar-refractivity contribution in [2.75, 3.05) is 4.72 Å². The summed E-state index contributed by atoms with van der Waals surface area (Å²) in [5.41, 5.74) is 1.20. The number of nitrogens with one attached hydrogen (secondary N) is 1. The lowest BCUT2D eigenvalue weighted by molar-refractivity contribution is 0.281. The van der Waals surface area contributed by atoms with E-state index in [2.05, 4.69) is 9.71 Å². The Morgan fingerprint density at radius 3 is 2.71 bits per heavy atom. The molecule has 1 aromatic carbocycles. The molecule has 0 aliphatic heterocycles. The number of benzene rings is 1. The van der Waals surface area contributed by atoms with Crippen molar-refractivity contribution in [3.63, 3.8) is 0 Å². The van der Waals surface area contributed by atoms with Gasteiger partial charge in [-0.2, -0.15) is 0 Å². The molecule has 8 heteroatoms. The summed E-state index contributed by atoms with van der Waals surface area (Å²) in [5.74, 6) is 0.232. The average Bonchev–Trinajstić information content (AvgIpc) is 2.87. The van der Waals surface area contributed by atoms with Crippen LogP contribution in [0.2, 0.25) is 5.02 Å². The van der Waals surface area contributed by atoms with Crippen molar-refractivity contribution in [3.05, 3.63) is 39.9 Å². The van der Waals surface area contributed by atoms with E-state index in [0.717, 1.165) is 5.69 Å². The van der Waals surface area contributed by atoms with Gasteiger partial charge in [0.2, 0.25) is 0 Å². The second-order valence-corrected chi connectivity index (χ2v) is 7.70. The summed E-state index contributed by atoms with van der Waals surface area (Å²) in [5, 5.41) is 11.6. The largest absolute Gasteiger partial charge is 0.392 e. The van der Waals surface area contributed by atoms with Crippen molar-refractivity contribution < 1.29 is 13.5 Å². The molecule has 1 aromatic heterocycles. The Kier molecular flexibility index (Phi) is 4.88. The smallest absolute Gasteiger partial charge is 0.263 e. The number of halogens is 1. The van der Waals surface area contributed by atoms with E-state index in [1.807, 2.05) is 19.2 Å². The van der Waals surface area contributed by atoms with E-state index in [4.69, 9.17) is 16.7 Å². The van der Waals surface area contributed by atoms with Gasteiger partial charge in [-0.3, -0.25) is 4.72 Å². The maximum atomic E-state index is 12.3. The van der Waals surface area contributed by atoms with Gasteiger partial charge in [-0.1, -0.05) is 25.4 Å². The van der Waals surface area contributed by atoms with Crippen LogP contribution in [0, 0.1) is 0 Å². The van der Waals surface area contributed by atoms with Gasteiger partial charge in [0.25, 0.3) is 10.0 Å². The number of anilines is 1. The van der Waals surface area contributed by atoms with Crippen molar-refractivity contribution in [2.45, 2.75) is 31.3 Å². The Morgan fingerprint density at radius 1 is 1.43 bits per heavy atom. The van der Waals surface area contributed by atoms with Gasteiger partial charge in [0.15, 0.2) is 5.13 Å². The molecule has 0 unspecified atom stereocenters. The van der Waals surface area contributed by atoms with E-state index < -0.39 is 10.0 Å². The zero-order valence-electron chi connectivity index (χ0n) is 11.5. The first-order valence-corrected chi connectivity index (χ1v) is 8.95. The normalized spacial score (nSPS) is 11.9. The summed E-state index contributed by atoms with van der Waals surface area (Å²) in [7, 11) is -3.75. The van der Waals surface area contributed by atoms with Crippen LogP contribution in [-0.4, -0.2) is 18.5 Å². The molecule has 0 fully saturated rings. The van der Waals surface area contributed by atoms with Gasteiger partial charge in [0.1, 0.15) is 0 Å². The van der Waals surface area contributed by atoms with Crippen LogP contribution in [-0.2, 0) is 16.6 Å². The Morgan fingerprint density at radius 2 is 2.14 bits per heavy atom. The van der Waals surface area contributed by atoms with Crippen molar-refractivity contribution in [3.8, 4) is 0 Å². The van der Waals surface area contributed by atoms with Crippen LogP contribution in [0.25, 0.3) is 0 Å². The number of aliphatic hydroxyl groups excluding tert-OH is 1. The second-order valence-electron chi connectivity index (χ2n) is 4.75. The molecule has 0 atom stereocenters. The third kappa shape index (κ3) is 3.74. The molecule has 5 nitrogen and oxygen atoms in total. The number of thiazole rings is 1. The molecule has 2 rings (SSSR count). The molecule has 2 aromatic rings. The van der Waals surface area contributed by atoms with E-state index in [1.165, 1.54) is 29.5 Å². The average molecular weight is 347 g/mol. The zero-order valence-corrected chi connectivity index (χ0v) is 13.9. The molecule has 2 N–H and O–H groups in total. The fraction of sp³-hybridized carbons (Fsp3) is 0.308. The summed E-state index contributed by atoms with van der Waals surface area (Å²) >= 11 is 7.09. The number of hydrogen-bond acceptors (Lipinski definition) is 5. The summed E-state index contributed by atoms with van der Waals surface area (Å²) in [6.45, 7) is 3.65. The van der Waals surface area contributed by atoms with Gasteiger partial charge in [-0.15, -0.1) is 11.3 Å². The molecular formula is C13H15ClN2O3S2. The molecule has 114 valence electrons. The fourth-order valence-electron chi connectivity index (χ4n) is 1.61. The van der Waals surface area contributed by atoms with Gasteiger partial charge in [-0.05, 0) is 29.7 Å². The minimum absolute atomic E-state index is 0.0391. The molecule has 0 bridgehead atoms. The highest BCUT2D eigenvalue weighted by molar-refractivity contribution is 7.93. The topological polar surface area (TPSA) is 79.3 Å².